The Kier molecular flexibility index (Phi) is 4.71. The standard InChI is InChI=1S/C20H26N4OS/c1-13-11-16(14(2)23(13)3)19-18(17-8-4-5-9-21-17)22-20(26)24(19)12-15-7-6-10-25-15/h4-5,8-9,11,15,18-19H,6-7,10,12H2,1-3H3,(H,22,26)/t15-,18+,19+/m0/s1. The van der Waals surface area contributed by atoms with Crippen LogP contribution in [-0.2, 0) is 11.8 Å². The summed E-state index contributed by atoms with van der Waals surface area (Å²) in [5, 5.41) is 4.32. The summed E-state index contributed by atoms with van der Waals surface area (Å²) >= 11 is 5.74. The van der Waals surface area contributed by atoms with Gasteiger partial charge in [-0.1, -0.05) is 6.07 Å². The minimum Gasteiger partial charge on any atom is -0.376 e. The SMILES string of the molecule is Cc1cc([C@@H]2[C@@H](c3ccccn3)NC(=S)N2C[C@@H]2CCCO2)c(C)n1C. The van der Waals surface area contributed by atoms with Gasteiger partial charge in [-0.15, -0.1) is 0 Å². The zero-order valence-electron chi connectivity index (χ0n) is 15.6. The van der Waals surface area contributed by atoms with Gasteiger partial charge in [0.2, 0.25) is 0 Å². The third kappa shape index (κ3) is 3.01. The molecule has 0 amide bonds. The zero-order valence-corrected chi connectivity index (χ0v) is 16.4. The van der Waals surface area contributed by atoms with Crippen molar-refractivity contribution >= 4 is 17.3 Å². The molecule has 0 aliphatic carbocycles. The van der Waals surface area contributed by atoms with E-state index in [1.165, 1.54) is 17.0 Å². The largest absolute Gasteiger partial charge is 0.376 e. The van der Waals surface area contributed by atoms with E-state index in [-0.39, 0.29) is 18.2 Å². The van der Waals surface area contributed by atoms with Crippen molar-refractivity contribution in [3.8, 4) is 0 Å². The highest BCUT2D eigenvalue weighted by atomic mass is 32.1. The normalized spacial score (nSPS) is 25.7. The lowest BCUT2D eigenvalue weighted by molar-refractivity contribution is 0.0842. The minimum atomic E-state index is 0.0469. The number of hydrogen-bond donors (Lipinski definition) is 1. The fourth-order valence-corrected chi connectivity index (χ4v) is 4.45. The Hall–Kier alpha value is -1.92. The Morgan fingerprint density at radius 1 is 1.35 bits per heavy atom. The van der Waals surface area contributed by atoms with Crippen LogP contribution in [0.1, 0.15) is 47.6 Å². The monoisotopic (exact) mass is 370 g/mol. The van der Waals surface area contributed by atoms with Gasteiger partial charge in [0.05, 0.1) is 23.9 Å². The van der Waals surface area contributed by atoms with E-state index in [1.54, 1.807) is 0 Å². The van der Waals surface area contributed by atoms with Crippen molar-refractivity contribution in [1.29, 1.82) is 0 Å². The third-order valence-electron chi connectivity index (χ3n) is 5.76. The van der Waals surface area contributed by atoms with Crippen molar-refractivity contribution in [3.05, 3.63) is 53.1 Å². The first kappa shape index (κ1) is 17.5. The van der Waals surface area contributed by atoms with Crippen LogP contribution in [0, 0.1) is 13.8 Å². The summed E-state index contributed by atoms with van der Waals surface area (Å²) in [5.41, 5.74) is 4.87. The molecule has 0 saturated carbocycles. The fraction of sp³-hybridized carbons (Fsp3) is 0.500. The number of aromatic nitrogens is 2. The minimum absolute atomic E-state index is 0.0469. The summed E-state index contributed by atoms with van der Waals surface area (Å²) in [6.45, 7) is 6.02. The third-order valence-corrected chi connectivity index (χ3v) is 6.11. The van der Waals surface area contributed by atoms with Gasteiger partial charge in [-0.3, -0.25) is 4.98 Å². The first-order chi connectivity index (χ1) is 12.6. The lowest BCUT2D eigenvalue weighted by Gasteiger charge is -2.29. The van der Waals surface area contributed by atoms with Crippen molar-refractivity contribution in [3.63, 3.8) is 0 Å². The predicted molar refractivity (Wildman–Crippen MR) is 106 cm³/mol. The van der Waals surface area contributed by atoms with Gasteiger partial charge in [-0.05, 0) is 62.7 Å². The van der Waals surface area contributed by atoms with E-state index in [1.807, 2.05) is 18.3 Å². The van der Waals surface area contributed by atoms with Crippen LogP contribution >= 0.6 is 12.2 Å². The summed E-state index contributed by atoms with van der Waals surface area (Å²) in [5.74, 6) is 0. The molecule has 0 radical (unpaired) electrons. The Balaban J connectivity index is 1.74. The Morgan fingerprint density at radius 3 is 2.81 bits per heavy atom. The molecule has 0 unspecified atom stereocenters. The second-order valence-electron chi connectivity index (χ2n) is 7.30. The van der Waals surface area contributed by atoms with Crippen molar-refractivity contribution in [2.75, 3.05) is 13.2 Å². The highest BCUT2D eigenvalue weighted by Crippen LogP contribution is 2.41. The molecule has 2 aromatic rings. The zero-order chi connectivity index (χ0) is 18.3. The number of hydrogen-bond acceptors (Lipinski definition) is 3. The molecule has 3 atom stereocenters. The average Bonchev–Trinajstić information content (AvgIpc) is 3.33. The van der Waals surface area contributed by atoms with Gasteiger partial charge in [0, 0.05) is 37.8 Å². The lowest BCUT2D eigenvalue weighted by atomic mass is 9.96. The smallest absolute Gasteiger partial charge is 0.170 e. The number of rotatable bonds is 4. The van der Waals surface area contributed by atoms with E-state index >= 15 is 0 Å². The van der Waals surface area contributed by atoms with E-state index in [0.717, 1.165) is 36.8 Å². The molecule has 0 spiro atoms. The van der Waals surface area contributed by atoms with Crippen LogP contribution in [0.15, 0.2) is 30.5 Å². The van der Waals surface area contributed by atoms with Crippen LogP contribution in [0.3, 0.4) is 0 Å². The van der Waals surface area contributed by atoms with E-state index in [9.17, 15) is 0 Å². The number of nitrogens with one attached hydrogen (secondary N) is 1. The molecule has 4 rings (SSSR count). The summed E-state index contributed by atoms with van der Waals surface area (Å²) in [7, 11) is 2.12. The molecule has 0 aromatic carbocycles. The molecule has 4 heterocycles. The quantitative estimate of drug-likeness (QED) is 0.837. The van der Waals surface area contributed by atoms with Crippen molar-refractivity contribution in [2.45, 2.75) is 44.9 Å². The van der Waals surface area contributed by atoms with Gasteiger partial charge in [0.15, 0.2) is 5.11 Å². The van der Waals surface area contributed by atoms with Crippen LogP contribution < -0.4 is 5.32 Å². The van der Waals surface area contributed by atoms with E-state index in [2.05, 4.69) is 52.8 Å². The van der Waals surface area contributed by atoms with Gasteiger partial charge < -0.3 is 19.5 Å². The van der Waals surface area contributed by atoms with Crippen molar-refractivity contribution in [2.24, 2.45) is 7.05 Å². The van der Waals surface area contributed by atoms with E-state index in [4.69, 9.17) is 17.0 Å². The van der Waals surface area contributed by atoms with Crippen LogP contribution in [0.25, 0.3) is 0 Å². The number of aryl methyl sites for hydroxylation is 1. The molecular weight excluding hydrogens is 344 g/mol. The molecule has 6 heteroatoms. The fourth-order valence-electron chi connectivity index (χ4n) is 4.13. The molecule has 138 valence electrons. The number of ether oxygens (including phenoxy) is 1. The summed E-state index contributed by atoms with van der Waals surface area (Å²) in [4.78, 5) is 6.92. The second-order valence-corrected chi connectivity index (χ2v) is 7.69. The molecule has 2 fully saturated rings. The van der Waals surface area contributed by atoms with Crippen LogP contribution in [0.4, 0.5) is 0 Å². The molecular formula is C20H26N4OS. The van der Waals surface area contributed by atoms with Crippen LogP contribution in [0.2, 0.25) is 0 Å². The summed E-state index contributed by atoms with van der Waals surface area (Å²) in [6.07, 6.45) is 4.34. The molecule has 2 aromatic heterocycles. The number of thiocarbonyl (C=S) groups is 1. The van der Waals surface area contributed by atoms with Gasteiger partial charge >= 0.3 is 0 Å². The van der Waals surface area contributed by atoms with Gasteiger partial charge in [-0.2, -0.15) is 0 Å². The highest BCUT2D eigenvalue weighted by Gasteiger charge is 2.42. The Morgan fingerprint density at radius 2 is 2.19 bits per heavy atom. The first-order valence-electron chi connectivity index (χ1n) is 9.28. The Labute approximate surface area is 160 Å². The maximum absolute atomic E-state index is 5.90. The average molecular weight is 371 g/mol. The molecule has 0 bridgehead atoms. The van der Waals surface area contributed by atoms with Gasteiger partial charge in [0.1, 0.15) is 0 Å². The molecule has 26 heavy (non-hydrogen) atoms. The second kappa shape index (κ2) is 7.00. The first-order valence-corrected chi connectivity index (χ1v) is 9.69. The summed E-state index contributed by atoms with van der Waals surface area (Å²) in [6, 6.07) is 8.53. The topological polar surface area (TPSA) is 42.3 Å². The van der Waals surface area contributed by atoms with E-state index in [0.29, 0.717) is 0 Å². The maximum atomic E-state index is 5.90. The molecule has 5 nitrogen and oxygen atoms in total. The predicted octanol–water partition coefficient (Wildman–Crippen LogP) is 3.19. The summed E-state index contributed by atoms with van der Waals surface area (Å²) < 4.78 is 8.14. The van der Waals surface area contributed by atoms with Crippen LogP contribution in [0.5, 0.6) is 0 Å². The highest BCUT2D eigenvalue weighted by molar-refractivity contribution is 7.80. The molecule has 2 aliphatic rings. The van der Waals surface area contributed by atoms with Gasteiger partial charge in [0.25, 0.3) is 0 Å². The van der Waals surface area contributed by atoms with E-state index < -0.39 is 0 Å². The van der Waals surface area contributed by atoms with Crippen molar-refractivity contribution in [1.82, 2.24) is 19.8 Å². The van der Waals surface area contributed by atoms with Gasteiger partial charge in [-0.25, -0.2) is 0 Å². The van der Waals surface area contributed by atoms with Crippen molar-refractivity contribution < 1.29 is 4.74 Å². The van der Waals surface area contributed by atoms with Crippen LogP contribution in [-0.4, -0.2) is 38.8 Å². The number of pyridine rings is 1. The molecule has 1 N–H and O–H groups in total. The molecule has 2 aliphatic heterocycles. The number of nitrogens with zero attached hydrogens (tertiary/aromatic N) is 3. The Bertz CT molecular complexity index is 798. The maximum Gasteiger partial charge on any atom is 0.170 e. The lowest BCUT2D eigenvalue weighted by Crippen LogP contribution is -2.36. The molecule has 2 saturated heterocycles.